The number of nitrogens with two attached hydrogens (primary N) is 2. The average Bonchev–Trinajstić information content (AvgIpc) is 2.32. The molecule has 1 aromatic heterocycles. The van der Waals surface area contributed by atoms with Crippen LogP contribution < -0.4 is 11.5 Å². The van der Waals surface area contributed by atoms with Gasteiger partial charge in [-0.05, 0) is 0 Å². The van der Waals surface area contributed by atoms with Gasteiger partial charge in [-0.2, -0.15) is 0 Å². The van der Waals surface area contributed by atoms with E-state index in [1.165, 1.54) is 18.4 Å². The van der Waals surface area contributed by atoms with Crippen molar-refractivity contribution in [1.29, 1.82) is 0 Å². The van der Waals surface area contributed by atoms with E-state index in [2.05, 4.69) is 4.74 Å². The van der Waals surface area contributed by atoms with Gasteiger partial charge in [0.05, 0.1) is 18.5 Å². The van der Waals surface area contributed by atoms with E-state index in [0.29, 0.717) is 16.3 Å². The van der Waals surface area contributed by atoms with Gasteiger partial charge in [-0.25, -0.2) is 4.79 Å². The van der Waals surface area contributed by atoms with Crippen LogP contribution in [0.15, 0.2) is 5.38 Å². The van der Waals surface area contributed by atoms with E-state index in [-0.39, 0.29) is 0 Å². The van der Waals surface area contributed by atoms with Gasteiger partial charge >= 0.3 is 5.97 Å². The summed E-state index contributed by atoms with van der Waals surface area (Å²) in [7, 11) is 1.30. The normalized spacial score (nSPS) is 9.55. The van der Waals surface area contributed by atoms with Crippen LogP contribution in [0.3, 0.4) is 0 Å². The van der Waals surface area contributed by atoms with E-state index in [1.54, 1.807) is 5.38 Å². The lowest BCUT2D eigenvalue weighted by atomic mass is 10.3. The summed E-state index contributed by atoms with van der Waals surface area (Å²) >= 11 is 1.18. The molecular formula is C6H8N2O2S. The molecule has 1 aromatic rings. The minimum atomic E-state index is -0.441. The molecule has 0 spiro atoms. The average molecular weight is 172 g/mol. The zero-order chi connectivity index (χ0) is 8.43. The van der Waals surface area contributed by atoms with E-state index < -0.39 is 5.97 Å². The van der Waals surface area contributed by atoms with Gasteiger partial charge in [0.1, 0.15) is 4.88 Å². The number of carbonyl (C=O) groups excluding carboxylic acids is 1. The number of carbonyl (C=O) groups is 1. The summed E-state index contributed by atoms with van der Waals surface area (Å²) in [5, 5.41) is 1.61. The number of nitrogen functional groups attached to an aromatic ring is 2. The predicted octanol–water partition coefficient (Wildman–Crippen LogP) is 0.699. The van der Waals surface area contributed by atoms with Gasteiger partial charge in [0.25, 0.3) is 0 Å². The maximum Gasteiger partial charge on any atom is 0.350 e. The molecule has 5 heteroatoms. The van der Waals surface area contributed by atoms with Crippen molar-refractivity contribution in [2.24, 2.45) is 0 Å². The van der Waals surface area contributed by atoms with Crippen molar-refractivity contribution < 1.29 is 9.53 Å². The minimum absolute atomic E-state index is 0.307. The number of methoxy groups -OCH3 is 1. The third kappa shape index (κ3) is 1.27. The smallest absolute Gasteiger partial charge is 0.350 e. The highest BCUT2D eigenvalue weighted by Gasteiger charge is 2.13. The first-order valence-corrected chi connectivity index (χ1v) is 3.75. The van der Waals surface area contributed by atoms with Crippen molar-refractivity contribution in [3.8, 4) is 0 Å². The van der Waals surface area contributed by atoms with E-state index in [1.807, 2.05) is 0 Å². The number of ether oxygens (including phenoxy) is 1. The highest BCUT2D eigenvalue weighted by atomic mass is 32.1. The van der Waals surface area contributed by atoms with Crippen LogP contribution in [0.5, 0.6) is 0 Å². The second-order valence-corrected chi connectivity index (χ2v) is 2.81. The molecule has 4 N–H and O–H groups in total. The molecule has 0 saturated heterocycles. The molecule has 4 nitrogen and oxygen atoms in total. The van der Waals surface area contributed by atoms with Crippen molar-refractivity contribution in [3.63, 3.8) is 0 Å². The van der Waals surface area contributed by atoms with Gasteiger partial charge < -0.3 is 16.2 Å². The first-order chi connectivity index (χ1) is 5.16. The van der Waals surface area contributed by atoms with Crippen LogP contribution >= 0.6 is 11.3 Å². The van der Waals surface area contributed by atoms with Crippen molar-refractivity contribution >= 4 is 28.7 Å². The number of anilines is 2. The molecule has 60 valence electrons. The van der Waals surface area contributed by atoms with Crippen LogP contribution in [-0.4, -0.2) is 13.1 Å². The first kappa shape index (κ1) is 7.87. The molecule has 1 heterocycles. The van der Waals surface area contributed by atoms with E-state index in [4.69, 9.17) is 11.5 Å². The lowest BCUT2D eigenvalue weighted by Gasteiger charge is -1.95. The van der Waals surface area contributed by atoms with Crippen LogP contribution in [0.2, 0.25) is 0 Å². The topological polar surface area (TPSA) is 78.3 Å². The van der Waals surface area contributed by atoms with E-state index in [9.17, 15) is 4.79 Å². The summed E-state index contributed by atoms with van der Waals surface area (Å²) in [6.07, 6.45) is 0. The molecule has 0 atom stereocenters. The fraction of sp³-hybridized carbons (Fsp3) is 0.167. The van der Waals surface area contributed by atoms with Crippen molar-refractivity contribution in [3.05, 3.63) is 10.3 Å². The molecule has 0 aromatic carbocycles. The highest BCUT2D eigenvalue weighted by Crippen LogP contribution is 2.27. The van der Waals surface area contributed by atoms with Crippen LogP contribution in [0.4, 0.5) is 11.4 Å². The largest absolute Gasteiger partial charge is 0.465 e. The Balaban J connectivity index is 3.04. The summed E-state index contributed by atoms with van der Waals surface area (Å²) in [4.78, 5) is 11.3. The Bertz CT molecular complexity index is 282. The quantitative estimate of drug-likeness (QED) is 0.611. The standard InChI is InChI=1S/C6H8N2O2S/c1-10-6(9)5-4(8)3(7)2-11-5/h2H,7-8H2,1H3. The van der Waals surface area contributed by atoms with E-state index >= 15 is 0 Å². The Hall–Kier alpha value is -1.23. The van der Waals surface area contributed by atoms with Crippen LogP contribution in [0.25, 0.3) is 0 Å². The SMILES string of the molecule is COC(=O)c1scc(N)c1N. The fourth-order valence-electron chi connectivity index (χ4n) is 0.631. The van der Waals surface area contributed by atoms with Crippen LogP contribution in [0.1, 0.15) is 9.67 Å². The highest BCUT2D eigenvalue weighted by molar-refractivity contribution is 7.13. The number of hydrogen-bond donors (Lipinski definition) is 2. The predicted molar refractivity (Wildman–Crippen MR) is 44.5 cm³/mol. The summed E-state index contributed by atoms with van der Waals surface area (Å²) in [6.45, 7) is 0. The van der Waals surface area contributed by atoms with Gasteiger partial charge in [-0.1, -0.05) is 0 Å². The maximum atomic E-state index is 10.9. The summed E-state index contributed by atoms with van der Waals surface area (Å²) in [6, 6.07) is 0. The Morgan fingerprint density at radius 1 is 1.64 bits per heavy atom. The Kier molecular flexibility index (Phi) is 2.00. The lowest BCUT2D eigenvalue weighted by molar-refractivity contribution is 0.0607. The van der Waals surface area contributed by atoms with Crippen LogP contribution in [-0.2, 0) is 4.74 Å². The summed E-state index contributed by atoms with van der Waals surface area (Å²) in [5.74, 6) is -0.441. The van der Waals surface area contributed by atoms with Gasteiger partial charge in [0.2, 0.25) is 0 Å². The van der Waals surface area contributed by atoms with Crippen molar-refractivity contribution in [2.75, 3.05) is 18.6 Å². The second-order valence-electron chi connectivity index (χ2n) is 1.93. The maximum absolute atomic E-state index is 10.9. The molecule has 0 bridgehead atoms. The van der Waals surface area contributed by atoms with E-state index in [0.717, 1.165) is 0 Å². The third-order valence-corrected chi connectivity index (χ3v) is 2.22. The molecule has 1 rings (SSSR count). The molecule has 0 amide bonds. The molecular weight excluding hydrogens is 164 g/mol. The fourth-order valence-corrected chi connectivity index (χ4v) is 1.43. The molecule has 0 fully saturated rings. The molecule has 0 radical (unpaired) electrons. The van der Waals surface area contributed by atoms with Crippen LogP contribution in [0, 0.1) is 0 Å². The number of rotatable bonds is 1. The monoisotopic (exact) mass is 172 g/mol. The molecule has 0 unspecified atom stereocenters. The third-order valence-electron chi connectivity index (χ3n) is 1.23. The minimum Gasteiger partial charge on any atom is -0.465 e. The molecule has 11 heavy (non-hydrogen) atoms. The van der Waals surface area contributed by atoms with Gasteiger partial charge in [-0.3, -0.25) is 0 Å². The second kappa shape index (κ2) is 2.79. The van der Waals surface area contributed by atoms with Crippen molar-refractivity contribution in [2.45, 2.75) is 0 Å². The lowest BCUT2D eigenvalue weighted by Crippen LogP contribution is -2.02. The van der Waals surface area contributed by atoms with Gasteiger partial charge in [0, 0.05) is 5.38 Å². The number of esters is 1. The Morgan fingerprint density at radius 2 is 2.27 bits per heavy atom. The number of hydrogen-bond acceptors (Lipinski definition) is 5. The Labute approximate surface area is 67.8 Å². The summed E-state index contributed by atoms with van der Waals surface area (Å²) in [5.41, 5.74) is 11.6. The zero-order valence-corrected chi connectivity index (χ0v) is 6.77. The summed E-state index contributed by atoms with van der Waals surface area (Å²) < 4.78 is 4.47. The molecule has 0 aliphatic heterocycles. The molecule has 0 aliphatic carbocycles. The molecule has 0 aliphatic rings. The van der Waals surface area contributed by atoms with Crippen molar-refractivity contribution in [1.82, 2.24) is 0 Å². The van der Waals surface area contributed by atoms with Gasteiger partial charge in [0.15, 0.2) is 0 Å². The zero-order valence-electron chi connectivity index (χ0n) is 5.96. The van der Waals surface area contributed by atoms with Gasteiger partial charge in [-0.15, -0.1) is 11.3 Å². The first-order valence-electron chi connectivity index (χ1n) is 2.87. The Morgan fingerprint density at radius 3 is 2.64 bits per heavy atom. The molecule has 0 saturated carbocycles. The number of thiophene rings is 1.